The van der Waals surface area contributed by atoms with Gasteiger partial charge in [-0.05, 0) is 49.6 Å². The molecule has 1 fully saturated rings. The van der Waals surface area contributed by atoms with E-state index in [-0.39, 0.29) is 11.8 Å². The summed E-state index contributed by atoms with van der Waals surface area (Å²) >= 11 is 0. The van der Waals surface area contributed by atoms with Gasteiger partial charge in [0.05, 0.1) is 0 Å². The van der Waals surface area contributed by atoms with Gasteiger partial charge in [-0.15, -0.1) is 0 Å². The highest BCUT2D eigenvalue weighted by Gasteiger charge is 2.35. The number of anilines is 2. The van der Waals surface area contributed by atoms with E-state index in [4.69, 9.17) is 5.73 Å². The predicted molar refractivity (Wildman–Crippen MR) is 104 cm³/mol. The van der Waals surface area contributed by atoms with E-state index >= 15 is 0 Å². The van der Waals surface area contributed by atoms with Gasteiger partial charge < -0.3 is 16.4 Å². The molecule has 5 nitrogen and oxygen atoms in total. The molecule has 0 unspecified atom stereocenters. The van der Waals surface area contributed by atoms with E-state index in [1.54, 1.807) is 0 Å². The van der Waals surface area contributed by atoms with Crippen LogP contribution in [0.4, 0.5) is 24.9 Å². The summed E-state index contributed by atoms with van der Waals surface area (Å²) in [7, 11) is 0. The molecule has 152 valence electrons. The second-order valence-corrected chi connectivity index (χ2v) is 7.30. The first kappa shape index (κ1) is 20.4. The summed E-state index contributed by atoms with van der Waals surface area (Å²) < 4.78 is 40.0. The van der Waals surface area contributed by atoms with Crippen LogP contribution in [0.1, 0.15) is 36.8 Å². The van der Waals surface area contributed by atoms with Crippen molar-refractivity contribution in [3.8, 4) is 0 Å². The van der Waals surface area contributed by atoms with Crippen LogP contribution < -0.4 is 16.4 Å². The Labute approximate surface area is 163 Å². The number of hydrogen-bond donors (Lipinski definition) is 3. The number of nitrogens with one attached hydrogen (secondary N) is 2. The second-order valence-electron chi connectivity index (χ2n) is 7.30. The van der Waals surface area contributed by atoms with Crippen LogP contribution in [0.5, 0.6) is 0 Å². The maximum absolute atomic E-state index is 13.3. The van der Waals surface area contributed by atoms with Crippen LogP contribution in [0, 0.1) is 11.8 Å². The van der Waals surface area contributed by atoms with Crippen LogP contribution in [0.2, 0.25) is 0 Å². The molecule has 1 aromatic heterocycles. The van der Waals surface area contributed by atoms with Crippen LogP contribution in [0.25, 0.3) is 0 Å². The Balaban J connectivity index is 1.66. The van der Waals surface area contributed by atoms with Crippen molar-refractivity contribution in [2.75, 3.05) is 23.7 Å². The highest BCUT2D eigenvalue weighted by molar-refractivity contribution is 5.49. The van der Waals surface area contributed by atoms with E-state index in [2.05, 4.69) is 20.6 Å². The Bertz CT molecular complexity index is 743. The van der Waals surface area contributed by atoms with Crippen LogP contribution in [0.3, 0.4) is 0 Å². The van der Waals surface area contributed by atoms with Crippen molar-refractivity contribution in [2.45, 2.75) is 38.4 Å². The van der Waals surface area contributed by atoms with Crippen LogP contribution in [-0.2, 0) is 12.7 Å². The second kappa shape index (κ2) is 9.23. The molecule has 2 aromatic rings. The minimum atomic E-state index is -4.50. The first-order valence-corrected chi connectivity index (χ1v) is 9.61. The number of aromatic nitrogens is 2. The summed E-state index contributed by atoms with van der Waals surface area (Å²) in [5.41, 5.74) is 5.86. The third kappa shape index (κ3) is 5.58. The largest absolute Gasteiger partial charge is 0.421 e. The summed E-state index contributed by atoms with van der Waals surface area (Å²) in [6.45, 7) is 1.59. The average Bonchev–Trinajstić information content (AvgIpc) is 2.71. The van der Waals surface area contributed by atoms with Gasteiger partial charge in [-0.25, -0.2) is 4.98 Å². The van der Waals surface area contributed by atoms with Crippen LogP contribution >= 0.6 is 0 Å². The van der Waals surface area contributed by atoms with Gasteiger partial charge in [-0.3, -0.25) is 0 Å². The maximum atomic E-state index is 13.3. The zero-order valence-electron chi connectivity index (χ0n) is 15.7. The molecule has 1 heterocycles. The Morgan fingerprint density at radius 3 is 2.32 bits per heavy atom. The fraction of sp³-hybridized carbons (Fsp3) is 0.500. The molecule has 1 aromatic carbocycles. The molecule has 0 atom stereocenters. The van der Waals surface area contributed by atoms with E-state index < -0.39 is 11.7 Å². The number of hydrogen-bond acceptors (Lipinski definition) is 5. The van der Waals surface area contributed by atoms with Gasteiger partial charge >= 0.3 is 6.18 Å². The zero-order valence-corrected chi connectivity index (χ0v) is 15.7. The van der Waals surface area contributed by atoms with Crippen molar-refractivity contribution in [3.63, 3.8) is 0 Å². The summed E-state index contributed by atoms with van der Waals surface area (Å²) in [5.74, 6) is 0.875. The van der Waals surface area contributed by atoms with Gasteiger partial charge in [-0.2, -0.15) is 18.2 Å². The van der Waals surface area contributed by atoms with Crippen molar-refractivity contribution in [1.29, 1.82) is 0 Å². The smallest absolute Gasteiger partial charge is 0.369 e. The number of nitrogens with zero attached hydrogens (tertiary/aromatic N) is 2. The lowest BCUT2D eigenvalue weighted by Crippen LogP contribution is -2.26. The fourth-order valence-corrected chi connectivity index (χ4v) is 3.50. The molecule has 0 saturated heterocycles. The number of rotatable bonds is 7. The quantitative estimate of drug-likeness (QED) is 0.654. The van der Waals surface area contributed by atoms with Crippen molar-refractivity contribution in [1.82, 2.24) is 9.97 Å². The Morgan fingerprint density at radius 2 is 1.68 bits per heavy atom. The summed E-state index contributed by atoms with van der Waals surface area (Å²) in [6, 6.07) is 9.55. The molecular weight excluding hydrogens is 367 g/mol. The lowest BCUT2D eigenvalue weighted by atomic mass is 9.82. The van der Waals surface area contributed by atoms with Crippen molar-refractivity contribution in [3.05, 3.63) is 47.7 Å². The Kier molecular flexibility index (Phi) is 6.72. The third-order valence-corrected chi connectivity index (χ3v) is 5.25. The Morgan fingerprint density at radius 1 is 1.00 bits per heavy atom. The number of alkyl halides is 3. The highest BCUT2D eigenvalue weighted by Crippen LogP contribution is 2.35. The van der Waals surface area contributed by atoms with Gasteiger partial charge in [-0.1, -0.05) is 30.3 Å². The van der Waals surface area contributed by atoms with E-state index in [9.17, 15) is 13.2 Å². The number of benzene rings is 1. The summed E-state index contributed by atoms with van der Waals surface area (Å²) in [5, 5.41) is 5.91. The minimum absolute atomic E-state index is 0.168. The fourth-order valence-electron chi connectivity index (χ4n) is 3.50. The first-order valence-electron chi connectivity index (χ1n) is 9.61. The average molecular weight is 393 g/mol. The summed E-state index contributed by atoms with van der Waals surface area (Å²) in [6.07, 6.45) is 0.345. The van der Waals surface area contributed by atoms with E-state index in [1.165, 1.54) is 0 Å². The molecule has 8 heteroatoms. The molecule has 1 aliphatic rings. The topological polar surface area (TPSA) is 75.9 Å². The molecule has 0 bridgehead atoms. The molecule has 3 rings (SSSR count). The number of nitrogens with two attached hydrogens (primary N) is 1. The normalized spacial score (nSPS) is 20.0. The lowest BCUT2D eigenvalue weighted by Gasteiger charge is -2.28. The molecule has 0 spiro atoms. The summed E-state index contributed by atoms with van der Waals surface area (Å²) in [4.78, 5) is 7.94. The highest BCUT2D eigenvalue weighted by atomic mass is 19.4. The molecular formula is C20H26F3N5. The monoisotopic (exact) mass is 393 g/mol. The molecule has 0 aliphatic heterocycles. The molecule has 0 amide bonds. The standard InChI is InChI=1S/C20H26F3N5/c21-20(22,23)17-13-27-19(26-12-15-4-2-1-3-5-15)28-18(17)25-11-16-8-6-14(10-24)7-9-16/h1-5,13-14,16H,6-12,24H2,(H2,25,26,27,28). The molecule has 4 N–H and O–H groups in total. The molecule has 1 saturated carbocycles. The Hall–Kier alpha value is -2.35. The number of halogens is 3. The van der Waals surface area contributed by atoms with Gasteiger partial charge in [0.2, 0.25) is 5.95 Å². The maximum Gasteiger partial charge on any atom is 0.421 e. The van der Waals surface area contributed by atoms with Crippen LogP contribution in [0.15, 0.2) is 36.5 Å². The van der Waals surface area contributed by atoms with Gasteiger partial charge in [0, 0.05) is 19.3 Å². The SMILES string of the molecule is NCC1CCC(CNc2nc(NCc3ccccc3)ncc2C(F)(F)F)CC1. The van der Waals surface area contributed by atoms with Gasteiger partial charge in [0.15, 0.2) is 0 Å². The minimum Gasteiger partial charge on any atom is -0.369 e. The molecule has 1 aliphatic carbocycles. The predicted octanol–water partition coefficient (Wildman–Crippen LogP) is 4.28. The van der Waals surface area contributed by atoms with Gasteiger partial charge in [0.25, 0.3) is 0 Å². The van der Waals surface area contributed by atoms with E-state index in [0.29, 0.717) is 31.5 Å². The molecule has 0 radical (unpaired) electrons. The zero-order chi connectivity index (χ0) is 20.0. The molecule has 28 heavy (non-hydrogen) atoms. The lowest BCUT2D eigenvalue weighted by molar-refractivity contribution is -0.137. The van der Waals surface area contributed by atoms with Crippen molar-refractivity contribution >= 4 is 11.8 Å². The van der Waals surface area contributed by atoms with Crippen molar-refractivity contribution < 1.29 is 13.2 Å². The van der Waals surface area contributed by atoms with Gasteiger partial charge in [0.1, 0.15) is 11.4 Å². The van der Waals surface area contributed by atoms with Crippen LogP contribution in [-0.4, -0.2) is 23.1 Å². The third-order valence-electron chi connectivity index (χ3n) is 5.25. The van der Waals surface area contributed by atoms with E-state index in [1.807, 2.05) is 30.3 Å². The first-order chi connectivity index (χ1) is 13.5. The van der Waals surface area contributed by atoms with Crippen molar-refractivity contribution in [2.24, 2.45) is 17.6 Å². The van der Waals surface area contributed by atoms with E-state index in [0.717, 1.165) is 37.4 Å².